The van der Waals surface area contributed by atoms with Gasteiger partial charge in [-0.25, -0.2) is 9.69 Å². The van der Waals surface area contributed by atoms with Gasteiger partial charge in [-0.05, 0) is 48.5 Å². The number of furan rings is 1. The third-order valence-electron chi connectivity index (χ3n) is 5.54. The number of methoxy groups -OCH3 is 1. The monoisotopic (exact) mass is 477 g/mol. The van der Waals surface area contributed by atoms with Gasteiger partial charge in [-0.1, -0.05) is 0 Å². The SMILES string of the molecule is COC(=O)c1ccc(N2C(=O)CC(N(Cc3ccco3)C(=O)c3ccc([N+](=O)[O-])cc3)C2=O)cc1. The molecular weight excluding hydrogens is 458 g/mol. The number of amides is 3. The number of imide groups is 1. The molecule has 0 spiro atoms. The molecule has 178 valence electrons. The number of anilines is 1. The van der Waals surface area contributed by atoms with Crippen molar-refractivity contribution in [1.29, 1.82) is 0 Å². The summed E-state index contributed by atoms with van der Waals surface area (Å²) in [6.07, 6.45) is 1.15. The molecule has 0 radical (unpaired) electrons. The normalized spacial score (nSPS) is 15.2. The predicted molar refractivity (Wildman–Crippen MR) is 120 cm³/mol. The van der Waals surface area contributed by atoms with Crippen molar-refractivity contribution in [2.24, 2.45) is 0 Å². The van der Waals surface area contributed by atoms with E-state index in [0.29, 0.717) is 5.76 Å². The average molecular weight is 477 g/mol. The Morgan fingerprint density at radius 1 is 1.09 bits per heavy atom. The van der Waals surface area contributed by atoms with Crippen LogP contribution in [0.5, 0.6) is 0 Å². The summed E-state index contributed by atoms with van der Waals surface area (Å²) in [4.78, 5) is 63.8. The third-order valence-corrected chi connectivity index (χ3v) is 5.54. The van der Waals surface area contributed by atoms with Gasteiger partial charge < -0.3 is 14.1 Å². The minimum atomic E-state index is -1.13. The van der Waals surface area contributed by atoms with Crippen molar-refractivity contribution < 1.29 is 33.3 Å². The highest BCUT2D eigenvalue weighted by Crippen LogP contribution is 2.28. The molecule has 0 N–H and O–H groups in total. The van der Waals surface area contributed by atoms with E-state index in [1.165, 1.54) is 66.8 Å². The summed E-state index contributed by atoms with van der Waals surface area (Å²) in [5.74, 6) is -1.91. The lowest BCUT2D eigenvalue weighted by Crippen LogP contribution is -2.45. The second-order valence-electron chi connectivity index (χ2n) is 7.64. The topological polar surface area (TPSA) is 140 Å². The van der Waals surface area contributed by atoms with Gasteiger partial charge in [0.15, 0.2) is 0 Å². The van der Waals surface area contributed by atoms with Gasteiger partial charge in [-0.3, -0.25) is 24.5 Å². The molecule has 2 heterocycles. The largest absolute Gasteiger partial charge is 0.467 e. The Morgan fingerprint density at radius 2 is 1.74 bits per heavy atom. The Kier molecular flexibility index (Phi) is 6.40. The minimum Gasteiger partial charge on any atom is -0.467 e. The van der Waals surface area contributed by atoms with Crippen molar-refractivity contribution in [3.05, 3.63) is 93.9 Å². The van der Waals surface area contributed by atoms with Crippen molar-refractivity contribution in [2.75, 3.05) is 12.0 Å². The van der Waals surface area contributed by atoms with Gasteiger partial charge in [0.2, 0.25) is 5.91 Å². The first-order chi connectivity index (χ1) is 16.8. The molecule has 11 heteroatoms. The van der Waals surface area contributed by atoms with Crippen LogP contribution in [0.3, 0.4) is 0 Å². The molecule has 0 bridgehead atoms. The van der Waals surface area contributed by atoms with E-state index >= 15 is 0 Å². The maximum absolute atomic E-state index is 13.4. The number of nitro groups is 1. The minimum absolute atomic E-state index is 0.0956. The maximum Gasteiger partial charge on any atom is 0.337 e. The smallest absolute Gasteiger partial charge is 0.337 e. The first kappa shape index (κ1) is 23.4. The molecular formula is C24H19N3O8. The Bertz CT molecular complexity index is 1280. The molecule has 1 atom stereocenters. The number of carbonyl (C=O) groups is 4. The molecule has 1 saturated heterocycles. The van der Waals surface area contributed by atoms with Gasteiger partial charge in [0.05, 0.1) is 42.5 Å². The number of non-ortho nitro benzene ring substituents is 1. The number of nitro benzene ring substituents is 1. The van der Waals surface area contributed by atoms with E-state index < -0.39 is 34.7 Å². The predicted octanol–water partition coefficient (Wildman–Crippen LogP) is 2.95. The van der Waals surface area contributed by atoms with Crippen LogP contribution in [-0.4, -0.2) is 46.7 Å². The molecule has 1 aliphatic heterocycles. The summed E-state index contributed by atoms with van der Waals surface area (Å²) < 4.78 is 10.00. The molecule has 3 amide bonds. The summed E-state index contributed by atoms with van der Waals surface area (Å²) in [6, 6.07) is 12.8. The summed E-state index contributed by atoms with van der Waals surface area (Å²) in [7, 11) is 1.24. The fourth-order valence-electron chi connectivity index (χ4n) is 3.78. The third kappa shape index (κ3) is 4.64. The van der Waals surface area contributed by atoms with Crippen LogP contribution >= 0.6 is 0 Å². The Hall–Kier alpha value is -4.80. The van der Waals surface area contributed by atoms with Gasteiger partial charge >= 0.3 is 5.97 Å². The zero-order valence-electron chi connectivity index (χ0n) is 18.5. The van der Waals surface area contributed by atoms with Crippen molar-refractivity contribution in [1.82, 2.24) is 4.90 Å². The highest BCUT2D eigenvalue weighted by molar-refractivity contribution is 6.23. The van der Waals surface area contributed by atoms with Crippen molar-refractivity contribution >= 4 is 35.1 Å². The molecule has 0 aliphatic carbocycles. The van der Waals surface area contributed by atoms with Gasteiger partial charge in [0.25, 0.3) is 17.5 Å². The Labute approximate surface area is 198 Å². The molecule has 3 aromatic rings. The lowest BCUT2D eigenvalue weighted by Gasteiger charge is -2.27. The summed E-state index contributed by atoms with van der Waals surface area (Å²) in [5, 5.41) is 10.9. The van der Waals surface area contributed by atoms with Crippen LogP contribution in [0.4, 0.5) is 11.4 Å². The number of hydrogen-bond donors (Lipinski definition) is 0. The average Bonchev–Trinajstić information content (AvgIpc) is 3.49. The zero-order valence-corrected chi connectivity index (χ0v) is 18.5. The number of rotatable bonds is 7. The molecule has 0 saturated carbocycles. The number of carbonyl (C=O) groups excluding carboxylic acids is 4. The molecule has 11 nitrogen and oxygen atoms in total. The van der Waals surface area contributed by atoms with E-state index in [4.69, 9.17) is 4.42 Å². The van der Waals surface area contributed by atoms with E-state index in [0.717, 1.165) is 4.90 Å². The van der Waals surface area contributed by atoms with Crippen LogP contribution in [0.1, 0.15) is 32.9 Å². The molecule has 1 fully saturated rings. The number of hydrogen-bond acceptors (Lipinski definition) is 8. The van der Waals surface area contributed by atoms with E-state index in [1.807, 2.05) is 0 Å². The number of nitrogens with zero attached hydrogens (tertiary/aromatic N) is 3. The molecule has 2 aromatic carbocycles. The van der Waals surface area contributed by atoms with Gasteiger partial charge in [0.1, 0.15) is 11.8 Å². The van der Waals surface area contributed by atoms with Crippen molar-refractivity contribution in [3.8, 4) is 0 Å². The van der Waals surface area contributed by atoms with Crippen LogP contribution in [-0.2, 0) is 20.9 Å². The summed E-state index contributed by atoms with van der Waals surface area (Å²) in [5.41, 5.74) is 0.423. The highest BCUT2D eigenvalue weighted by Gasteiger charge is 2.44. The second-order valence-corrected chi connectivity index (χ2v) is 7.64. The van der Waals surface area contributed by atoms with Gasteiger partial charge in [-0.2, -0.15) is 0 Å². The number of benzene rings is 2. The van der Waals surface area contributed by atoms with Crippen LogP contribution in [0.15, 0.2) is 71.3 Å². The standard InChI is InChI=1S/C24H19N3O8/c1-34-24(31)16-6-8-17(9-7-16)26-21(28)13-20(23(26)30)25(14-19-3-2-12-35-19)22(29)15-4-10-18(11-5-15)27(32)33/h2-12,20H,13-14H2,1H3. The quantitative estimate of drug-likeness (QED) is 0.219. The van der Waals surface area contributed by atoms with Crippen molar-refractivity contribution in [2.45, 2.75) is 19.0 Å². The van der Waals surface area contributed by atoms with E-state index in [2.05, 4.69) is 4.74 Å². The van der Waals surface area contributed by atoms with Crippen LogP contribution < -0.4 is 4.90 Å². The fourth-order valence-corrected chi connectivity index (χ4v) is 3.78. The maximum atomic E-state index is 13.4. The lowest BCUT2D eigenvalue weighted by atomic mass is 10.1. The first-order valence-electron chi connectivity index (χ1n) is 10.4. The van der Waals surface area contributed by atoms with Crippen molar-refractivity contribution in [3.63, 3.8) is 0 Å². The summed E-state index contributed by atoms with van der Waals surface area (Å²) in [6.45, 7) is -0.0956. The lowest BCUT2D eigenvalue weighted by molar-refractivity contribution is -0.384. The fraction of sp³-hybridized carbons (Fsp3) is 0.167. The van der Waals surface area contributed by atoms with Crippen LogP contribution in [0, 0.1) is 10.1 Å². The molecule has 4 rings (SSSR count). The number of ether oxygens (including phenoxy) is 1. The second kappa shape index (κ2) is 9.59. The van der Waals surface area contributed by atoms with Crippen LogP contribution in [0.2, 0.25) is 0 Å². The molecule has 1 aliphatic rings. The first-order valence-corrected chi connectivity index (χ1v) is 10.4. The highest BCUT2D eigenvalue weighted by atomic mass is 16.6. The Balaban J connectivity index is 1.64. The van der Waals surface area contributed by atoms with Gasteiger partial charge in [0, 0.05) is 17.7 Å². The molecule has 1 unspecified atom stereocenters. The number of esters is 1. The summed E-state index contributed by atoms with van der Waals surface area (Å²) >= 11 is 0. The zero-order chi connectivity index (χ0) is 25.1. The Morgan fingerprint density at radius 3 is 2.31 bits per heavy atom. The van der Waals surface area contributed by atoms with Gasteiger partial charge in [-0.15, -0.1) is 0 Å². The van der Waals surface area contributed by atoms with E-state index in [1.54, 1.807) is 12.1 Å². The molecule has 35 heavy (non-hydrogen) atoms. The van der Waals surface area contributed by atoms with E-state index in [-0.39, 0.29) is 35.5 Å². The van der Waals surface area contributed by atoms with E-state index in [9.17, 15) is 29.3 Å². The van der Waals surface area contributed by atoms with Crippen LogP contribution in [0.25, 0.3) is 0 Å². The molecule has 1 aromatic heterocycles.